The van der Waals surface area contributed by atoms with Crippen molar-refractivity contribution < 1.29 is 9.13 Å². The third kappa shape index (κ3) is 4.71. The second-order valence-electron chi connectivity index (χ2n) is 9.00. The summed E-state index contributed by atoms with van der Waals surface area (Å²) in [5.41, 5.74) is 4.38. The van der Waals surface area contributed by atoms with Gasteiger partial charge in [0.2, 0.25) is 0 Å². The van der Waals surface area contributed by atoms with Gasteiger partial charge in [0.1, 0.15) is 22.8 Å². The van der Waals surface area contributed by atoms with Gasteiger partial charge in [0.05, 0.1) is 36.4 Å². The molecule has 1 fully saturated rings. The first-order valence-electron chi connectivity index (χ1n) is 12.2. The van der Waals surface area contributed by atoms with E-state index >= 15 is 0 Å². The topological polar surface area (TPSA) is 80.1 Å². The molecule has 1 aliphatic carbocycles. The van der Waals surface area contributed by atoms with Crippen LogP contribution >= 0.6 is 22.9 Å². The molecular weight excluding hydrogens is 501 g/mol. The lowest BCUT2D eigenvalue weighted by molar-refractivity contribution is 0.0384. The minimum absolute atomic E-state index is 0.0743. The second-order valence-corrected chi connectivity index (χ2v) is 10.4. The highest BCUT2D eigenvalue weighted by Gasteiger charge is 2.27. The Morgan fingerprint density at radius 2 is 1.97 bits per heavy atom. The number of hydrogen-bond acceptors (Lipinski definition) is 8. The SMILES string of the molecule is Fc1ccc(Nc2ncnc3sc4c(c23)CCc2c-4cnn2CCNCCN2CCOCC2)cc1Cl. The van der Waals surface area contributed by atoms with Crippen LogP contribution in [0.5, 0.6) is 0 Å². The Morgan fingerprint density at radius 1 is 1.11 bits per heavy atom. The molecular formula is C25H27ClFN7OS. The van der Waals surface area contributed by atoms with Gasteiger partial charge in [0.15, 0.2) is 0 Å². The van der Waals surface area contributed by atoms with E-state index in [1.807, 2.05) is 6.20 Å². The lowest BCUT2D eigenvalue weighted by Crippen LogP contribution is -2.40. The molecule has 1 aromatic carbocycles. The van der Waals surface area contributed by atoms with E-state index in [0.29, 0.717) is 11.5 Å². The fraction of sp³-hybridized carbons (Fsp3) is 0.400. The van der Waals surface area contributed by atoms with Gasteiger partial charge in [-0.05, 0) is 36.6 Å². The fourth-order valence-corrected chi connectivity index (χ4v) is 6.33. The molecule has 0 unspecified atom stereocenters. The zero-order valence-electron chi connectivity index (χ0n) is 19.8. The van der Waals surface area contributed by atoms with Gasteiger partial charge in [-0.2, -0.15) is 5.10 Å². The molecule has 0 saturated carbocycles. The van der Waals surface area contributed by atoms with Crippen molar-refractivity contribution in [2.45, 2.75) is 19.4 Å². The number of morpholine rings is 1. The van der Waals surface area contributed by atoms with Gasteiger partial charge >= 0.3 is 0 Å². The highest BCUT2D eigenvalue weighted by Crippen LogP contribution is 2.45. The predicted octanol–water partition coefficient (Wildman–Crippen LogP) is 4.11. The van der Waals surface area contributed by atoms with Crippen LogP contribution in [-0.4, -0.2) is 70.6 Å². The maximum Gasteiger partial charge on any atom is 0.142 e. The molecule has 0 spiro atoms. The van der Waals surface area contributed by atoms with Gasteiger partial charge in [0.25, 0.3) is 0 Å². The molecule has 0 radical (unpaired) electrons. The van der Waals surface area contributed by atoms with Gasteiger partial charge in [-0.3, -0.25) is 9.58 Å². The largest absolute Gasteiger partial charge is 0.379 e. The smallest absolute Gasteiger partial charge is 0.142 e. The molecule has 8 nitrogen and oxygen atoms in total. The van der Waals surface area contributed by atoms with Crippen LogP contribution in [0.1, 0.15) is 11.3 Å². The van der Waals surface area contributed by atoms with Crippen LogP contribution < -0.4 is 10.6 Å². The summed E-state index contributed by atoms with van der Waals surface area (Å²) in [6.07, 6.45) is 5.35. The molecule has 3 aromatic heterocycles. The number of thiophene rings is 1. The summed E-state index contributed by atoms with van der Waals surface area (Å²) >= 11 is 7.65. The monoisotopic (exact) mass is 527 g/mol. The fourth-order valence-electron chi connectivity index (χ4n) is 4.92. The highest BCUT2D eigenvalue weighted by atomic mass is 35.5. The van der Waals surface area contributed by atoms with Crippen molar-refractivity contribution in [3.8, 4) is 10.4 Å². The van der Waals surface area contributed by atoms with E-state index in [4.69, 9.17) is 21.4 Å². The number of hydrogen-bond donors (Lipinski definition) is 2. The van der Waals surface area contributed by atoms with Crippen molar-refractivity contribution in [2.75, 3.05) is 51.3 Å². The van der Waals surface area contributed by atoms with Gasteiger partial charge in [0, 0.05) is 54.5 Å². The molecule has 36 heavy (non-hydrogen) atoms. The average Bonchev–Trinajstić information content (AvgIpc) is 3.48. The normalized spacial score (nSPS) is 15.7. The molecule has 0 amide bonds. The van der Waals surface area contributed by atoms with Crippen LogP contribution in [0.4, 0.5) is 15.9 Å². The van der Waals surface area contributed by atoms with Crippen molar-refractivity contribution in [1.29, 1.82) is 0 Å². The summed E-state index contributed by atoms with van der Waals surface area (Å²) in [7, 11) is 0. The summed E-state index contributed by atoms with van der Waals surface area (Å²) < 4.78 is 21.1. The molecule has 2 aliphatic rings. The lowest BCUT2D eigenvalue weighted by atomic mass is 9.95. The zero-order chi connectivity index (χ0) is 24.5. The van der Waals surface area contributed by atoms with Gasteiger partial charge in [-0.15, -0.1) is 11.3 Å². The van der Waals surface area contributed by atoms with E-state index in [-0.39, 0.29) is 5.02 Å². The number of aryl methyl sites for hydroxylation is 1. The maximum atomic E-state index is 13.6. The maximum absolute atomic E-state index is 13.6. The molecule has 1 aliphatic heterocycles. The third-order valence-electron chi connectivity index (χ3n) is 6.78. The molecule has 6 rings (SSSR count). The quantitative estimate of drug-likeness (QED) is 0.334. The van der Waals surface area contributed by atoms with E-state index in [9.17, 15) is 4.39 Å². The molecule has 1 saturated heterocycles. The summed E-state index contributed by atoms with van der Waals surface area (Å²) in [5.74, 6) is 0.264. The Hall–Kier alpha value is -2.63. The lowest BCUT2D eigenvalue weighted by Gasteiger charge is -2.26. The summed E-state index contributed by atoms with van der Waals surface area (Å²) in [6, 6.07) is 4.58. The Balaban J connectivity index is 1.17. The summed E-state index contributed by atoms with van der Waals surface area (Å²) in [4.78, 5) is 13.6. The predicted molar refractivity (Wildman–Crippen MR) is 141 cm³/mol. The summed E-state index contributed by atoms with van der Waals surface area (Å²) in [5, 5.41) is 12.7. The molecule has 4 aromatic rings. The number of aromatic nitrogens is 4. The van der Waals surface area contributed by atoms with Crippen LogP contribution in [0.3, 0.4) is 0 Å². The molecule has 0 atom stereocenters. The van der Waals surface area contributed by atoms with Crippen LogP contribution in [0.2, 0.25) is 5.02 Å². The van der Waals surface area contributed by atoms with Crippen LogP contribution in [0.25, 0.3) is 20.7 Å². The standard InChI is InChI=1S/C25H27ClFN7OS/c26-19-13-16(1-3-20(19)27)32-24-22-17-2-4-21-18(23(17)36-25(22)30-15-29-24)14-31-34(21)8-6-28-5-7-33-9-11-35-12-10-33/h1,3,13-15,28H,2,4-12H2,(H,29,30,32). The number of benzene rings is 1. The van der Waals surface area contributed by atoms with Crippen molar-refractivity contribution in [3.63, 3.8) is 0 Å². The molecule has 2 N–H and O–H groups in total. The Labute approximate surface area is 217 Å². The van der Waals surface area contributed by atoms with Gasteiger partial charge in [-0.1, -0.05) is 11.6 Å². The second kappa shape index (κ2) is 10.4. The Kier molecular flexibility index (Phi) is 6.85. The van der Waals surface area contributed by atoms with Crippen LogP contribution in [0, 0.1) is 5.82 Å². The van der Waals surface area contributed by atoms with Gasteiger partial charge < -0.3 is 15.4 Å². The minimum atomic E-state index is -0.445. The van der Waals surface area contributed by atoms with E-state index in [1.54, 1.807) is 29.8 Å². The third-order valence-corrected chi connectivity index (χ3v) is 8.25. The highest BCUT2D eigenvalue weighted by molar-refractivity contribution is 7.22. The molecule has 4 heterocycles. The number of nitrogens with one attached hydrogen (secondary N) is 2. The van der Waals surface area contributed by atoms with Crippen molar-refractivity contribution in [1.82, 2.24) is 30.0 Å². The van der Waals surface area contributed by atoms with E-state index in [1.165, 1.54) is 27.8 Å². The number of anilines is 2. The van der Waals surface area contributed by atoms with Crippen LogP contribution in [0.15, 0.2) is 30.7 Å². The zero-order valence-corrected chi connectivity index (χ0v) is 21.3. The number of halogens is 2. The van der Waals surface area contributed by atoms with E-state index in [0.717, 1.165) is 75.5 Å². The van der Waals surface area contributed by atoms with Crippen LogP contribution in [-0.2, 0) is 24.1 Å². The molecule has 188 valence electrons. The number of ether oxygens (including phenoxy) is 1. The first-order chi connectivity index (χ1) is 17.7. The Bertz CT molecular complexity index is 1380. The number of rotatable bonds is 8. The van der Waals surface area contributed by atoms with E-state index in [2.05, 4.69) is 30.2 Å². The Morgan fingerprint density at radius 3 is 2.83 bits per heavy atom. The average molecular weight is 528 g/mol. The van der Waals surface area contributed by atoms with Crippen molar-refractivity contribution in [3.05, 3.63) is 52.8 Å². The molecule has 11 heteroatoms. The first kappa shape index (κ1) is 23.7. The van der Waals surface area contributed by atoms with E-state index < -0.39 is 5.82 Å². The summed E-state index contributed by atoms with van der Waals surface area (Å²) in [6.45, 7) is 7.46. The minimum Gasteiger partial charge on any atom is -0.379 e. The van der Waals surface area contributed by atoms with Crippen molar-refractivity contribution >= 4 is 44.7 Å². The van der Waals surface area contributed by atoms with Gasteiger partial charge in [-0.25, -0.2) is 14.4 Å². The van der Waals surface area contributed by atoms with Crippen molar-refractivity contribution in [2.24, 2.45) is 0 Å². The number of fused-ring (bicyclic) bond motifs is 5. The molecule has 0 bridgehead atoms. The first-order valence-corrected chi connectivity index (χ1v) is 13.4. The number of nitrogens with zero attached hydrogens (tertiary/aromatic N) is 5.